The molecule has 0 radical (unpaired) electrons. The molecule has 1 rings (SSSR count). The predicted molar refractivity (Wildman–Crippen MR) is 37.3 cm³/mol. The van der Waals surface area contributed by atoms with Crippen LogP contribution >= 0.6 is 23.2 Å². The van der Waals surface area contributed by atoms with E-state index < -0.39 is 5.97 Å². The van der Waals surface area contributed by atoms with E-state index >= 15 is 0 Å². The van der Waals surface area contributed by atoms with Crippen molar-refractivity contribution in [2.45, 2.75) is 6.54 Å². The van der Waals surface area contributed by atoms with E-state index in [1.54, 1.807) is 0 Å². The van der Waals surface area contributed by atoms with Gasteiger partial charge in [-0.2, -0.15) is 0 Å². The van der Waals surface area contributed by atoms with E-state index in [1.807, 2.05) is 0 Å². The Balaban J connectivity index is 2.87. The van der Waals surface area contributed by atoms with Gasteiger partial charge in [0.1, 0.15) is 5.15 Å². The van der Waals surface area contributed by atoms with Gasteiger partial charge in [0.15, 0.2) is 5.15 Å². The maximum atomic E-state index is 10.1. The number of halogens is 2. The van der Waals surface area contributed by atoms with Crippen LogP contribution < -0.4 is 5.11 Å². The Labute approximate surface area is 72.4 Å². The van der Waals surface area contributed by atoms with Crippen molar-refractivity contribution >= 4 is 29.2 Å². The molecular formula is C5H3Cl2N2O2-. The fourth-order valence-corrected chi connectivity index (χ4v) is 0.897. The number of carbonyl (C=O) groups is 1. The highest BCUT2D eigenvalue weighted by Crippen LogP contribution is 2.18. The Morgan fingerprint density at radius 1 is 1.73 bits per heavy atom. The maximum absolute atomic E-state index is 10.1. The summed E-state index contributed by atoms with van der Waals surface area (Å²) in [7, 11) is 0. The van der Waals surface area contributed by atoms with Gasteiger partial charge < -0.3 is 14.5 Å². The lowest BCUT2D eigenvalue weighted by Crippen LogP contribution is -2.27. The van der Waals surface area contributed by atoms with Crippen LogP contribution in [0.4, 0.5) is 0 Å². The van der Waals surface area contributed by atoms with Crippen LogP contribution in [-0.4, -0.2) is 15.5 Å². The number of aromatic nitrogens is 2. The monoisotopic (exact) mass is 193 g/mol. The van der Waals surface area contributed by atoms with Crippen molar-refractivity contribution in [3.63, 3.8) is 0 Å². The van der Waals surface area contributed by atoms with Crippen LogP contribution in [0.3, 0.4) is 0 Å². The highest BCUT2D eigenvalue weighted by atomic mass is 35.5. The summed E-state index contributed by atoms with van der Waals surface area (Å²) in [4.78, 5) is 13.6. The predicted octanol–water partition coefficient (Wildman–Crippen LogP) is -0.0602. The van der Waals surface area contributed by atoms with E-state index in [0.29, 0.717) is 0 Å². The van der Waals surface area contributed by atoms with Crippen molar-refractivity contribution in [1.82, 2.24) is 9.55 Å². The normalized spacial score (nSPS) is 10.0. The second-order valence-electron chi connectivity index (χ2n) is 1.83. The van der Waals surface area contributed by atoms with Gasteiger partial charge in [-0.05, 0) is 0 Å². The second-order valence-corrected chi connectivity index (χ2v) is 2.54. The van der Waals surface area contributed by atoms with Crippen molar-refractivity contribution in [3.05, 3.63) is 16.6 Å². The maximum Gasteiger partial charge on any atom is 0.166 e. The molecule has 0 aliphatic carbocycles. The van der Waals surface area contributed by atoms with E-state index in [-0.39, 0.29) is 16.9 Å². The van der Waals surface area contributed by atoms with Gasteiger partial charge in [0.05, 0.1) is 18.8 Å². The van der Waals surface area contributed by atoms with E-state index in [1.165, 1.54) is 10.9 Å². The molecule has 6 heteroatoms. The quantitative estimate of drug-likeness (QED) is 0.662. The lowest BCUT2D eigenvalue weighted by atomic mass is 10.6. The Hall–Kier alpha value is -0.740. The number of aliphatic carboxylic acids is 1. The van der Waals surface area contributed by atoms with Crippen molar-refractivity contribution in [1.29, 1.82) is 0 Å². The fraction of sp³-hybridized carbons (Fsp3) is 0.200. The van der Waals surface area contributed by atoms with Crippen molar-refractivity contribution < 1.29 is 9.90 Å². The van der Waals surface area contributed by atoms with Crippen LogP contribution in [-0.2, 0) is 11.3 Å². The third-order valence-corrected chi connectivity index (χ3v) is 1.80. The Morgan fingerprint density at radius 3 is 2.73 bits per heavy atom. The standard InChI is InChI=1S/C5H4Cl2N2O2/c6-4-5(7)9(2-8-4)1-3(10)11/h2H,1H2,(H,10,11)/p-1. The molecule has 11 heavy (non-hydrogen) atoms. The molecule has 4 nitrogen and oxygen atoms in total. The Bertz CT molecular complexity index is 284. The van der Waals surface area contributed by atoms with E-state index in [0.717, 1.165) is 0 Å². The first-order valence-electron chi connectivity index (χ1n) is 2.67. The zero-order valence-corrected chi connectivity index (χ0v) is 6.76. The number of hydrogen-bond donors (Lipinski definition) is 0. The molecule has 0 unspecified atom stereocenters. The topological polar surface area (TPSA) is 57.9 Å². The smallest absolute Gasteiger partial charge is 0.166 e. The Morgan fingerprint density at radius 2 is 2.36 bits per heavy atom. The minimum Gasteiger partial charge on any atom is -0.548 e. The first kappa shape index (κ1) is 8.36. The average Bonchev–Trinajstić information content (AvgIpc) is 2.18. The number of carboxylic acid groups (broad SMARTS) is 1. The zero-order valence-electron chi connectivity index (χ0n) is 5.25. The van der Waals surface area contributed by atoms with Crippen LogP contribution in [0.15, 0.2) is 6.33 Å². The number of nitrogens with zero attached hydrogens (tertiary/aromatic N) is 2. The number of hydrogen-bond acceptors (Lipinski definition) is 3. The van der Waals surface area contributed by atoms with Crippen LogP contribution in [0.2, 0.25) is 10.3 Å². The molecule has 0 aliphatic heterocycles. The molecule has 0 saturated heterocycles. The molecule has 0 bridgehead atoms. The third-order valence-electron chi connectivity index (χ3n) is 1.03. The number of imidazole rings is 1. The van der Waals surface area contributed by atoms with Gasteiger partial charge in [-0.25, -0.2) is 4.98 Å². The third kappa shape index (κ3) is 1.85. The summed E-state index contributed by atoms with van der Waals surface area (Å²) in [5, 5.41) is 10.3. The summed E-state index contributed by atoms with van der Waals surface area (Å²) < 4.78 is 1.18. The van der Waals surface area contributed by atoms with Gasteiger partial charge in [-0.3, -0.25) is 0 Å². The number of rotatable bonds is 2. The van der Waals surface area contributed by atoms with Crippen molar-refractivity contribution in [2.24, 2.45) is 0 Å². The summed E-state index contributed by atoms with van der Waals surface area (Å²) in [6, 6.07) is 0. The summed E-state index contributed by atoms with van der Waals surface area (Å²) in [5.41, 5.74) is 0. The van der Waals surface area contributed by atoms with Crippen LogP contribution in [0.1, 0.15) is 0 Å². The molecule has 1 heterocycles. The van der Waals surface area contributed by atoms with Crippen LogP contribution in [0, 0.1) is 0 Å². The molecule has 1 aromatic heterocycles. The molecule has 1 aromatic rings. The summed E-state index contributed by atoms with van der Waals surface area (Å²) in [5.74, 6) is -1.24. The largest absolute Gasteiger partial charge is 0.548 e. The number of carbonyl (C=O) groups excluding carboxylic acids is 1. The van der Waals surface area contributed by atoms with Gasteiger partial charge in [0.2, 0.25) is 0 Å². The molecule has 0 N–H and O–H groups in total. The lowest BCUT2D eigenvalue weighted by molar-refractivity contribution is -0.306. The first-order valence-corrected chi connectivity index (χ1v) is 3.43. The molecule has 0 aliphatic rings. The van der Waals surface area contributed by atoms with Crippen molar-refractivity contribution in [3.8, 4) is 0 Å². The molecule has 0 amide bonds. The summed E-state index contributed by atoms with van der Waals surface area (Å²) >= 11 is 11.0. The van der Waals surface area contributed by atoms with E-state index in [2.05, 4.69) is 4.98 Å². The molecule has 0 saturated carbocycles. The lowest BCUT2D eigenvalue weighted by Gasteiger charge is -2.02. The van der Waals surface area contributed by atoms with Crippen LogP contribution in [0.25, 0.3) is 0 Å². The molecular weight excluding hydrogens is 191 g/mol. The summed E-state index contributed by atoms with van der Waals surface area (Å²) in [6.45, 7) is -0.335. The van der Waals surface area contributed by atoms with Gasteiger partial charge in [0, 0.05) is 0 Å². The Kier molecular flexibility index (Phi) is 2.36. The van der Waals surface area contributed by atoms with Crippen molar-refractivity contribution in [2.75, 3.05) is 0 Å². The number of carboxylic acids is 1. The average molecular weight is 194 g/mol. The SMILES string of the molecule is O=C([O-])Cn1cnc(Cl)c1Cl. The fourth-order valence-electron chi connectivity index (χ4n) is 0.592. The first-order chi connectivity index (χ1) is 5.11. The zero-order chi connectivity index (χ0) is 8.43. The van der Waals surface area contributed by atoms with Gasteiger partial charge in [-0.15, -0.1) is 0 Å². The molecule has 0 atom stereocenters. The molecule has 0 spiro atoms. The van der Waals surface area contributed by atoms with Crippen LogP contribution in [0.5, 0.6) is 0 Å². The minimum atomic E-state index is -1.24. The van der Waals surface area contributed by atoms with E-state index in [9.17, 15) is 9.90 Å². The summed E-state index contributed by atoms with van der Waals surface area (Å²) in [6.07, 6.45) is 1.24. The molecule has 60 valence electrons. The van der Waals surface area contributed by atoms with Gasteiger partial charge >= 0.3 is 0 Å². The molecule has 0 aromatic carbocycles. The highest BCUT2D eigenvalue weighted by Gasteiger charge is 2.04. The van der Waals surface area contributed by atoms with Gasteiger partial charge in [0.25, 0.3) is 0 Å². The van der Waals surface area contributed by atoms with E-state index in [4.69, 9.17) is 23.2 Å². The van der Waals surface area contributed by atoms with Gasteiger partial charge in [-0.1, -0.05) is 23.2 Å². The second kappa shape index (κ2) is 3.11. The minimum absolute atomic E-state index is 0.0907. The molecule has 0 fully saturated rings. The highest BCUT2D eigenvalue weighted by molar-refractivity contribution is 6.40.